The number of benzene rings is 2. The lowest BCUT2D eigenvalue weighted by atomic mass is 10.1. The van der Waals surface area contributed by atoms with Crippen molar-refractivity contribution >= 4 is 0 Å². The van der Waals surface area contributed by atoms with Crippen LogP contribution < -0.4 is 4.74 Å². The molecule has 3 nitrogen and oxygen atoms in total. The van der Waals surface area contributed by atoms with Crippen LogP contribution in [0.1, 0.15) is 19.8 Å². The number of para-hydroxylation sites is 1. The highest BCUT2D eigenvalue weighted by atomic mass is 16.5. The van der Waals surface area contributed by atoms with Crippen LogP contribution in [0.15, 0.2) is 66.9 Å². The van der Waals surface area contributed by atoms with Gasteiger partial charge in [-0.25, -0.2) is 0 Å². The van der Waals surface area contributed by atoms with E-state index in [9.17, 15) is 0 Å². The summed E-state index contributed by atoms with van der Waals surface area (Å²) in [6.07, 6.45) is 4.36. The molecule has 0 saturated carbocycles. The molecule has 0 fully saturated rings. The van der Waals surface area contributed by atoms with E-state index < -0.39 is 0 Å². The van der Waals surface area contributed by atoms with Crippen molar-refractivity contribution in [3.63, 3.8) is 0 Å². The average Bonchev–Trinajstić information content (AvgIpc) is 3.03. The van der Waals surface area contributed by atoms with Crippen molar-refractivity contribution in [3.8, 4) is 22.8 Å². The van der Waals surface area contributed by atoms with Gasteiger partial charge in [0.05, 0.1) is 5.69 Å². The second-order valence-electron chi connectivity index (χ2n) is 5.26. The average molecular weight is 292 g/mol. The molecule has 0 amide bonds. The van der Waals surface area contributed by atoms with Gasteiger partial charge in [0.2, 0.25) is 0 Å². The van der Waals surface area contributed by atoms with Crippen molar-refractivity contribution in [2.75, 3.05) is 0 Å². The summed E-state index contributed by atoms with van der Waals surface area (Å²) in [4.78, 5) is 0. The Bertz CT molecular complexity index is 719. The number of aromatic nitrogens is 2. The highest BCUT2D eigenvalue weighted by molar-refractivity contribution is 5.60. The van der Waals surface area contributed by atoms with Crippen LogP contribution in [0.3, 0.4) is 0 Å². The summed E-state index contributed by atoms with van der Waals surface area (Å²) in [5.74, 6) is 1.67. The third-order valence-corrected chi connectivity index (χ3v) is 3.49. The topological polar surface area (TPSA) is 27.1 Å². The highest BCUT2D eigenvalue weighted by Crippen LogP contribution is 2.26. The van der Waals surface area contributed by atoms with Gasteiger partial charge < -0.3 is 4.74 Å². The van der Waals surface area contributed by atoms with E-state index >= 15 is 0 Å². The molecule has 0 aliphatic rings. The summed E-state index contributed by atoms with van der Waals surface area (Å²) in [5.41, 5.74) is 2.05. The molecular formula is C19H20N2O. The Labute approximate surface area is 131 Å². The van der Waals surface area contributed by atoms with Gasteiger partial charge in [-0.15, -0.1) is 0 Å². The molecule has 22 heavy (non-hydrogen) atoms. The van der Waals surface area contributed by atoms with E-state index in [-0.39, 0.29) is 0 Å². The van der Waals surface area contributed by atoms with E-state index in [1.165, 1.54) is 6.42 Å². The summed E-state index contributed by atoms with van der Waals surface area (Å²) in [5, 5.41) is 4.63. The van der Waals surface area contributed by atoms with E-state index in [1.807, 2.05) is 59.4 Å². The van der Waals surface area contributed by atoms with Gasteiger partial charge in [0, 0.05) is 18.3 Å². The molecule has 3 rings (SSSR count). The lowest BCUT2D eigenvalue weighted by Gasteiger charge is -2.06. The first-order valence-corrected chi connectivity index (χ1v) is 7.72. The number of nitrogens with zero attached hydrogens (tertiary/aromatic N) is 2. The van der Waals surface area contributed by atoms with Gasteiger partial charge in [-0.3, -0.25) is 4.68 Å². The van der Waals surface area contributed by atoms with Crippen LogP contribution in [-0.4, -0.2) is 9.78 Å². The van der Waals surface area contributed by atoms with Gasteiger partial charge in [0.1, 0.15) is 11.5 Å². The van der Waals surface area contributed by atoms with Gasteiger partial charge in [0.25, 0.3) is 0 Å². The minimum Gasteiger partial charge on any atom is -0.457 e. The van der Waals surface area contributed by atoms with Crippen LogP contribution in [0.2, 0.25) is 0 Å². The molecule has 0 aliphatic carbocycles. The van der Waals surface area contributed by atoms with Crippen LogP contribution in [-0.2, 0) is 6.54 Å². The summed E-state index contributed by atoms with van der Waals surface area (Å²) in [6.45, 7) is 3.16. The Morgan fingerprint density at radius 3 is 2.59 bits per heavy atom. The van der Waals surface area contributed by atoms with Crippen molar-refractivity contribution < 1.29 is 4.74 Å². The molecule has 2 aromatic carbocycles. The maximum Gasteiger partial charge on any atom is 0.128 e. The summed E-state index contributed by atoms with van der Waals surface area (Å²) in [7, 11) is 0. The van der Waals surface area contributed by atoms with Crippen LogP contribution >= 0.6 is 0 Å². The molecule has 3 aromatic rings. The molecule has 0 unspecified atom stereocenters. The van der Waals surface area contributed by atoms with E-state index in [1.54, 1.807) is 0 Å². The fourth-order valence-electron chi connectivity index (χ4n) is 2.30. The van der Waals surface area contributed by atoms with Crippen LogP contribution in [0.25, 0.3) is 11.3 Å². The summed E-state index contributed by atoms with van der Waals surface area (Å²) < 4.78 is 7.88. The number of ether oxygens (including phenoxy) is 1. The molecule has 0 N–H and O–H groups in total. The molecule has 0 bridgehead atoms. The molecule has 0 atom stereocenters. The molecule has 0 aliphatic heterocycles. The van der Waals surface area contributed by atoms with Gasteiger partial charge in [-0.05, 0) is 36.8 Å². The standard InChI is InChI=1S/C19H20N2O/c1-2-3-13-21-14-12-19(20-21)16-8-7-11-18(15-16)22-17-9-5-4-6-10-17/h4-12,14-15H,2-3,13H2,1H3. The van der Waals surface area contributed by atoms with Crippen LogP contribution in [0.4, 0.5) is 0 Å². The largest absolute Gasteiger partial charge is 0.457 e. The normalized spacial score (nSPS) is 10.6. The second kappa shape index (κ2) is 6.94. The number of rotatable bonds is 6. The Morgan fingerprint density at radius 2 is 1.77 bits per heavy atom. The zero-order valence-corrected chi connectivity index (χ0v) is 12.8. The Morgan fingerprint density at radius 1 is 0.955 bits per heavy atom. The molecule has 0 saturated heterocycles. The monoisotopic (exact) mass is 292 g/mol. The van der Waals surface area contributed by atoms with Crippen molar-refractivity contribution in [2.45, 2.75) is 26.3 Å². The molecule has 1 heterocycles. The maximum absolute atomic E-state index is 5.88. The van der Waals surface area contributed by atoms with Gasteiger partial charge in [-0.2, -0.15) is 5.10 Å². The SMILES string of the molecule is CCCCn1ccc(-c2cccc(Oc3ccccc3)c2)n1. The van der Waals surface area contributed by atoms with E-state index in [4.69, 9.17) is 4.74 Å². The predicted molar refractivity (Wildman–Crippen MR) is 89.1 cm³/mol. The number of hydrogen-bond acceptors (Lipinski definition) is 2. The maximum atomic E-state index is 5.88. The van der Waals surface area contributed by atoms with Gasteiger partial charge in [-0.1, -0.05) is 43.7 Å². The van der Waals surface area contributed by atoms with Crippen molar-refractivity contribution in [1.29, 1.82) is 0 Å². The van der Waals surface area contributed by atoms with Crippen molar-refractivity contribution in [1.82, 2.24) is 9.78 Å². The van der Waals surface area contributed by atoms with Crippen molar-refractivity contribution in [3.05, 3.63) is 66.9 Å². The predicted octanol–water partition coefficient (Wildman–Crippen LogP) is 5.14. The van der Waals surface area contributed by atoms with E-state index in [0.717, 1.165) is 35.7 Å². The first-order chi connectivity index (χ1) is 10.8. The summed E-state index contributed by atoms with van der Waals surface area (Å²) in [6, 6.07) is 19.9. The summed E-state index contributed by atoms with van der Waals surface area (Å²) >= 11 is 0. The van der Waals surface area contributed by atoms with E-state index in [0.29, 0.717) is 0 Å². The molecule has 1 aromatic heterocycles. The fourth-order valence-corrected chi connectivity index (χ4v) is 2.30. The Balaban J connectivity index is 1.77. The van der Waals surface area contributed by atoms with E-state index in [2.05, 4.69) is 24.2 Å². The highest BCUT2D eigenvalue weighted by Gasteiger charge is 2.04. The number of unbranched alkanes of at least 4 members (excludes halogenated alkanes) is 1. The number of aryl methyl sites for hydroxylation is 1. The zero-order chi connectivity index (χ0) is 15.2. The van der Waals surface area contributed by atoms with Crippen LogP contribution in [0, 0.1) is 0 Å². The second-order valence-corrected chi connectivity index (χ2v) is 5.26. The smallest absolute Gasteiger partial charge is 0.128 e. The minimum atomic E-state index is 0.826. The molecule has 0 radical (unpaired) electrons. The quantitative estimate of drug-likeness (QED) is 0.628. The molecule has 0 spiro atoms. The van der Waals surface area contributed by atoms with Gasteiger partial charge >= 0.3 is 0 Å². The molecule has 3 heteroatoms. The Kier molecular flexibility index (Phi) is 4.54. The number of hydrogen-bond donors (Lipinski definition) is 0. The lowest BCUT2D eigenvalue weighted by molar-refractivity contribution is 0.483. The fraction of sp³-hybridized carbons (Fsp3) is 0.211. The molecular weight excluding hydrogens is 272 g/mol. The van der Waals surface area contributed by atoms with Crippen LogP contribution in [0.5, 0.6) is 11.5 Å². The first-order valence-electron chi connectivity index (χ1n) is 7.72. The van der Waals surface area contributed by atoms with Crippen molar-refractivity contribution in [2.24, 2.45) is 0 Å². The van der Waals surface area contributed by atoms with Gasteiger partial charge in [0.15, 0.2) is 0 Å². The third-order valence-electron chi connectivity index (χ3n) is 3.49. The zero-order valence-electron chi connectivity index (χ0n) is 12.8. The minimum absolute atomic E-state index is 0.826. The first kappa shape index (κ1) is 14.4. The lowest BCUT2D eigenvalue weighted by Crippen LogP contribution is -1.98. The third kappa shape index (κ3) is 3.55. The Hall–Kier alpha value is -2.55. The molecule has 112 valence electrons.